The van der Waals surface area contributed by atoms with Crippen LogP contribution in [0.5, 0.6) is 0 Å². The number of hydrogen-bond acceptors (Lipinski definition) is 5. The first-order valence-corrected chi connectivity index (χ1v) is 8.80. The van der Waals surface area contributed by atoms with E-state index in [1.54, 1.807) is 0 Å². The molecule has 1 aromatic carbocycles. The molecule has 0 radical (unpaired) electrons. The minimum Gasteiger partial charge on any atom is -0.350 e. The van der Waals surface area contributed by atoms with Gasteiger partial charge in [-0.25, -0.2) is 4.98 Å². The average Bonchev–Trinajstić information content (AvgIpc) is 2.98. The minimum absolute atomic E-state index is 0.0235. The molecule has 5 nitrogen and oxygen atoms in total. The summed E-state index contributed by atoms with van der Waals surface area (Å²) < 4.78 is 0. The largest absolute Gasteiger partial charge is 0.350 e. The summed E-state index contributed by atoms with van der Waals surface area (Å²) in [5.74, 6) is -0.0235. The van der Waals surface area contributed by atoms with Crippen LogP contribution in [-0.4, -0.2) is 55.1 Å². The van der Waals surface area contributed by atoms with Gasteiger partial charge in [0.05, 0.1) is 10.7 Å². The van der Waals surface area contributed by atoms with Gasteiger partial charge in [-0.15, -0.1) is 11.3 Å². The third-order valence-corrected chi connectivity index (χ3v) is 4.88. The van der Waals surface area contributed by atoms with Crippen LogP contribution in [0, 0.1) is 6.92 Å². The molecular formula is C17H22N4OS. The molecule has 1 aliphatic rings. The molecule has 3 rings (SSSR count). The maximum atomic E-state index is 12.5. The van der Waals surface area contributed by atoms with E-state index in [9.17, 15) is 4.79 Å². The zero-order valence-corrected chi connectivity index (χ0v) is 14.2. The van der Waals surface area contributed by atoms with E-state index in [1.165, 1.54) is 11.3 Å². The molecule has 1 amide bonds. The second kappa shape index (κ2) is 7.68. The molecule has 122 valence electrons. The van der Waals surface area contributed by atoms with Crippen molar-refractivity contribution < 1.29 is 4.79 Å². The Bertz CT molecular complexity index is 650. The molecule has 2 aromatic rings. The third kappa shape index (κ3) is 4.16. The number of piperazine rings is 1. The highest BCUT2D eigenvalue weighted by Gasteiger charge is 2.18. The first kappa shape index (κ1) is 16.1. The van der Waals surface area contributed by atoms with Crippen LogP contribution < -0.4 is 10.6 Å². The zero-order valence-electron chi connectivity index (χ0n) is 13.3. The smallest absolute Gasteiger partial charge is 0.263 e. The highest BCUT2D eigenvalue weighted by atomic mass is 32.1. The van der Waals surface area contributed by atoms with Crippen molar-refractivity contribution in [2.75, 3.05) is 39.3 Å². The third-order valence-electron chi connectivity index (χ3n) is 3.91. The van der Waals surface area contributed by atoms with E-state index in [0.717, 1.165) is 49.0 Å². The lowest BCUT2D eigenvalue weighted by atomic mass is 10.1. The fourth-order valence-electron chi connectivity index (χ4n) is 2.72. The van der Waals surface area contributed by atoms with Gasteiger partial charge in [0, 0.05) is 44.8 Å². The van der Waals surface area contributed by atoms with E-state index in [-0.39, 0.29) is 5.91 Å². The lowest BCUT2D eigenvalue weighted by Gasteiger charge is -2.27. The van der Waals surface area contributed by atoms with Crippen LogP contribution in [0.2, 0.25) is 0 Å². The van der Waals surface area contributed by atoms with Crippen molar-refractivity contribution in [3.05, 3.63) is 40.2 Å². The van der Waals surface area contributed by atoms with E-state index in [0.29, 0.717) is 11.4 Å². The van der Waals surface area contributed by atoms with Crippen molar-refractivity contribution in [2.45, 2.75) is 6.92 Å². The number of amides is 1. The van der Waals surface area contributed by atoms with E-state index in [2.05, 4.69) is 20.5 Å². The molecule has 0 spiro atoms. The topological polar surface area (TPSA) is 57.3 Å². The maximum Gasteiger partial charge on any atom is 0.263 e. The number of nitrogens with zero attached hydrogens (tertiary/aromatic N) is 2. The summed E-state index contributed by atoms with van der Waals surface area (Å²) in [6, 6.07) is 9.89. The Morgan fingerprint density at radius 3 is 2.78 bits per heavy atom. The van der Waals surface area contributed by atoms with Gasteiger partial charge in [-0.1, -0.05) is 30.3 Å². The number of rotatable bonds is 5. The molecule has 1 aromatic heterocycles. The number of aryl methyl sites for hydroxylation is 1. The summed E-state index contributed by atoms with van der Waals surface area (Å²) in [4.78, 5) is 20.1. The van der Waals surface area contributed by atoms with Gasteiger partial charge in [0.2, 0.25) is 0 Å². The minimum atomic E-state index is -0.0235. The van der Waals surface area contributed by atoms with Crippen molar-refractivity contribution in [3.8, 4) is 11.3 Å². The van der Waals surface area contributed by atoms with Crippen LogP contribution in [0.1, 0.15) is 14.7 Å². The molecule has 6 heteroatoms. The molecule has 23 heavy (non-hydrogen) atoms. The van der Waals surface area contributed by atoms with Crippen LogP contribution in [0.3, 0.4) is 0 Å². The Kier molecular flexibility index (Phi) is 5.38. The van der Waals surface area contributed by atoms with Gasteiger partial charge in [-0.05, 0) is 6.92 Å². The summed E-state index contributed by atoms with van der Waals surface area (Å²) in [7, 11) is 0. The summed E-state index contributed by atoms with van der Waals surface area (Å²) in [6.07, 6.45) is 0. The van der Waals surface area contributed by atoms with Gasteiger partial charge >= 0.3 is 0 Å². The molecule has 0 bridgehead atoms. The first-order valence-electron chi connectivity index (χ1n) is 7.98. The number of aromatic nitrogens is 1. The Morgan fingerprint density at radius 1 is 1.30 bits per heavy atom. The number of nitrogens with one attached hydrogen (secondary N) is 2. The van der Waals surface area contributed by atoms with Crippen molar-refractivity contribution in [1.29, 1.82) is 0 Å². The Labute approximate surface area is 140 Å². The van der Waals surface area contributed by atoms with Crippen LogP contribution in [0.15, 0.2) is 30.3 Å². The quantitative estimate of drug-likeness (QED) is 0.877. The summed E-state index contributed by atoms with van der Waals surface area (Å²) in [5, 5.41) is 7.28. The van der Waals surface area contributed by atoms with Gasteiger partial charge in [-0.3, -0.25) is 9.69 Å². The fraction of sp³-hybridized carbons (Fsp3) is 0.412. The SMILES string of the molecule is Cc1nc(-c2ccccc2)c(C(=O)NCCN2CCNCC2)s1. The molecule has 1 saturated heterocycles. The summed E-state index contributed by atoms with van der Waals surface area (Å²) in [5.41, 5.74) is 1.77. The molecule has 0 atom stereocenters. The number of carbonyl (C=O) groups is 1. The number of benzene rings is 1. The molecule has 0 unspecified atom stereocenters. The molecule has 2 heterocycles. The molecule has 1 fully saturated rings. The second-order valence-electron chi connectivity index (χ2n) is 5.62. The second-order valence-corrected chi connectivity index (χ2v) is 6.83. The maximum absolute atomic E-state index is 12.5. The number of carbonyl (C=O) groups excluding carboxylic acids is 1. The average molecular weight is 330 g/mol. The standard InChI is InChI=1S/C17H22N4OS/c1-13-20-15(14-5-3-2-4-6-14)16(23-13)17(22)19-9-12-21-10-7-18-8-11-21/h2-6,18H,7-12H2,1H3,(H,19,22). The lowest BCUT2D eigenvalue weighted by Crippen LogP contribution is -2.46. The van der Waals surface area contributed by atoms with Gasteiger partial charge in [0.25, 0.3) is 5.91 Å². The Hall–Kier alpha value is -1.76. The number of thiazole rings is 1. The number of hydrogen-bond donors (Lipinski definition) is 2. The molecule has 0 aliphatic carbocycles. The van der Waals surface area contributed by atoms with Gasteiger partial charge < -0.3 is 10.6 Å². The molecule has 0 saturated carbocycles. The predicted octanol–water partition coefficient (Wildman–Crippen LogP) is 1.75. The van der Waals surface area contributed by atoms with Crippen molar-refractivity contribution >= 4 is 17.2 Å². The Morgan fingerprint density at radius 2 is 2.04 bits per heavy atom. The molecule has 1 aliphatic heterocycles. The highest BCUT2D eigenvalue weighted by Crippen LogP contribution is 2.27. The molecule has 2 N–H and O–H groups in total. The van der Waals surface area contributed by atoms with Crippen molar-refractivity contribution in [1.82, 2.24) is 20.5 Å². The van der Waals surface area contributed by atoms with Crippen LogP contribution in [0.4, 0.5) is 0 Å². The Balaban J connectivity index is 1.63. The van der Waals surface area contributed by atoms with Crippen LogP contribution in [-0.2, 0) is 0 Å². The van der Waals surface area contributed by atoms with E-state index < -0.39 is 0 Å². The van der Waals surface area contributed by atoms with Gasteiger partial charge in [-0.2, -0.15) is 0 Å². The lowest BCUT2D eigenvalue weighted by molar-refractivity contribution is 0.0951. The molecular weight excluding hydrogens is 308 g/mol. The van der Waals surface area contributed by atoms with E-state index >= 15 is 0 Å². The van der Waals surface area contributed by atoms with Crippen molar-refractivity contribution in [3.63, 3.8) is 0 Å². The van der Waals surface area contributed by atoms with Gasteiger partial charge in [0.15, 0.2) is 0 Å². The summed E-state index contributed by atoms with van der Waals surface area (Å²) >= 11 is 1.46. The summed E-state index contributed by atoms with van der Waals surface area (Å²) in [6.45, 7) is 7.65. The normalized spacial score (nSPS) is 15.5. The van der Waals surface area contributed by atoms with Crippen molar-refractivity contribution in [2.24, 2.45) is 0 Å². The monoisotopic (exact) mass is 330 g/mol. The highest BCUT2D eigenvalue weighted by molar-refractivity contribution is 7.14. The predicted molar refractivity (Wildman–Crippen MR) is 93.9 cm³/mol. The van der Waals surface area contributed by atoms with E-state index in [1.807, 2.05) is 37.3 Å². The zero-order chi connectivity index (χ0) is 16.1. The first-order chi connectivity index (χ1) is 11.2. The van der Waals surface area contributed by atoms with E-state index in [4.69, 9.17) is 0 Å². The van der Waals surface area contributed by atoms with Crippen LogP contribution in [0.25, 0.3) is 11.3 Å². The fourth-order valence-corrected chi connectivity index (χ4v) is 3.57. The van der Waals surface area contributed by atoms with Gasteiger partial charge in [0.1, 0.15) is 4.88 Å². The van der Waals surface area contributed by atoms with Crippen LogP contribution >= 0.6 is 11.3 Å².